The number of carbonyl (C=O) groups is 3. The summed E-state index contributed by atoms with van der Waals surface area (Å²) in [5.41, 5.74) is 0. The van der Waals surface area contributed by atoms with Crippen LogP contribution in [0.2, 0.25) is 0 Å². The van der Waals surface area contributed by atoms with Gasteiger partial charge in [-0.3, -0.25) is 14.4 Å². The van der Waals surface area contributed by atoms with Crippen molar-refractivity contribution in [2.45, 2.75) is 32.4 Å². The van der Waals surface area contributed by atoms with Crippen LogP contribution in [0.15, 0.2) is 0 Å². The van der Waals surface area contributed by atoms with Crippen molar-refractivity contribution in [3.8, 4) is 0 Å². The minimum absolute atomic E-state index is 0.112. The van der Waals surface area contributed by atoms with Gasteiger partial charge >= 0.3 is 5.97 Å². The van der Waals surface area contributed by atoms with Crippen LogP contribution in [0.5, 0.6) is 0 Å². The molecule has 0 radical (unpaired) electrons. The van der Waals surface area contributed by atoms with Gasteiger partial charge < -0.3 is 20.6 Å². The molecule has 1 aliphatic rings. The Morgan fingerprint density at radius 3 is 2.78 bits per heavy atom. The van der Waals surface area contributed by atoms with Crippen molar-refractivity contribution in [2.75, 3.05) is 19.6 Å². The van der Waals surface area contributed by atoms with E-state index in [0.29, 0.717) is 13.1 Å². The van der Waals surface area contributed by atoms with E-state index in [2.05, 4.69) is 10.6 Å². The van der Waals surface area contributed by atoms with Crippen molar-refractivity contribution >= 4 is 17.8 Å². The van der Waals surface area contributed by atoms with E-state index in [-0.39, 0.29) is 24.9 Å². The van der Waals surface area contributed by atoms with Crippen molar-refractivity contribution in [1.29, 1.82) is 0 Å². The topological polar surface area (TPSA) is 98.7 Å². The van der Waals surface area contributed by atoms with Gasteiger partial charge in [0.15, 0.2) is 0 Å². The zero-order chi connectivity index (χ0) is 13.7. The third-order valence-electron chi connectivity index (χ3n) is 2.68. The minimum atomic E-state index is -1.09. The summed E-state index contributed by atoms with van der Waals surface area (Å²) in [6.07, 6.45) is -0.362. The molecule has 1 aliphatic heterocycles. The van der Waals surface area contributed by atoms with Gasteiger partial charge in [0.1, 0.15) is 6.04 Å². The molecule has 0 spiro atoms. The lowest BCUT2D eigenvalue weighted by molar-refractivity contribution is -0.148. The van der Waals surface area contributed by atoms with E-state index in [1.54, 1.807) is 0 Å². The fourth-order valence-electron chi connectivity index (χ4n) is 1.77. The van der Waals surface area contributed by atoms with Crippen LogP contribution in [-0.4, -0.2) is 59.5 Å². The largest absolute Gasteiger partial charge is 0.481 e. The lowest BCUT2D eigenvalue weighted by Crippen LogP contribution is -2.59. The van der Waals surface area contributed by atoms with Gasteiger partial charge in [0, 0.05) is 19.1 Å². The maximum Gasteiger partial charge on any atom is 0.305 e. The number of rotatable bonds is 5. The number of piperazine rings is 1. The number of carboxylic acid groups (broad SMARTS) is 1. The molecule has 102 valence electrons. The first-order valence-corrected chi connectivity index (χ1v) is 5.94. The number of carboxylic acids is 1. The molecule has 7 heteroatoms. The molecule has 1 fully saturated rings. The van der Waals surface area contributed by atoms with E-state index in [1.807, 2.05) is 13.8 Å². The first-order valence-electron chi connectivity index (χ1n) is 5.94. The Morgan fingerprint density at radius 2 is 2.22 bits per heavy atom. The maximum atomic E-state index is 11.9. The van der Waals surface area contributed by atoms with Gasteiger partial charge in [-0.2, -0.15) is 0 Å². The molecule has 0 saturated carbocycles. The Morgan fingerprint density at radius 1 is 1.56 bits per heavy atom. The highest BCUT2D eigenvalue weighted by atomic mass is 16.4. The summed E-state index contributed by atoms with van der Waals surface area (Å²) in [6, 6.07) is -0.747. The molecule has 0 bridgehead atoms. The molecule has 18 heavy (non-hydrogen) atoms. The Balaban J connectivity index is 2.66. The zero-order valence-electron chi connectivity index (χ0n) is 10.6. The third kappa shape index (κ3) is 3.99. The average Bonchev–Trinajstić information content (AvgIpc) is 2.28. The summed E-state index contributed by atoms with van der Waals surface area (Å²) >= 11 is 0. The fourth-order valence-corrected chi connectivity index (χ4v) is 1.77. The zero-order valence-corrected chi connectivity index (χ0v) is 10.6. The molecule has 1 atom stereocenters. The van der Waals surface area contributed by atoms with Crippen LogP contribution in [0, 0.1) is 0 Å². The summed E-state index contributed by atoms with van der Waals surface area (Å²) in [7, 11) is 0. The quantitative estimate of drug-likeness (QED) is 0.574. The number of aliphatic carboxylic acids is 1. The molecule has 1 rings (SSSR count). The highest BCUT2D eigenvalue weighted by molar-refractivity contribution is 5.92. The number of carbonyl (C=O) groups excluding carboxylic acids is 2. The first kappa shape index (κ1) is 14.4. The van der Waals surface area contributed by atoms with Crippen molar-refractivity contribution in [1.82, 2.24) is 15.5 Å². The van der Waals surface area contributed by atoms with Crippen LogP contribution in [-0.2, 0) is 14.4 Å². The number of nitrogens with one attached hydrogen (secondary N) is 2. The second-order valence-electron chi connectivity index (χ2n) is 4.53. The molecule has 3 N–H and O–H groups in total. The Labute approximate surface area is 106 Å². The lowest BCUT2D eigenvalue weighted by atomic mass is 10.1. The lowest BCUT2D eigenvalue weighted by Gasteiger charge is -2.34. The second-order valence-corrected chi connectivity index (χ2v) is 4.53. The highest BCUT2D eigenvalue weighted by Gasteiger charge is 2.34. The molecule has 0 aromatic heterocycles. The van der Waals surface area contributed by atoms with Gasteiger partial charge in [-0.25, -0.2) is 0 Å². The Kier molecular flexibility index (Phi) is 5.08. The molecule has 2 amide bonds. The summed E-state index contributed by atoms with van der Waals surface area (Å²) < 4.78 is 0. The predicted octanol–water partition coefficient (Wildman–Crippen LogP) is -1.21. The first-order chi connectivity index (χ1) is 8.41. The second kappa shape index (κ2) is 6.34. The highest BCUT2D eigenvalue weighted by Crippen LogP contribution is 2.09. The number of hydrogen-bond acceptors (Lipinski definition) is 4. The van der Waals surface area contributed by atoms with Gasteiger partial charge in [-0.1, -0.05) is 13.8 Å². The monoisotopic (exact) mass is 257 g/mol. The van der Waals surface area contributed by atoms with Crippen LogP contribution < -0.4 is 10.6 Å². The summed E-state index contributed by atoms with van der Waals surface area (Å²) in [6.45, 7) is 4.64. The molecule has 0 aliphatic carbocycles. The van der Waals surface area contributed by atoms with Gasteiger partial charge in [0.25, 0.3) is 0 Å². The minimum Gasteiger partial charge on any atom is -0.481 e. The average molecular weight is 257 g/mol. The van der Waals surface area contributed by atoms with Crippen LogP contribution in [0.25, 0.3) is 0 Å². The standard InChI is InChI=1S/C11H19N3O4/c1-7(2)13-6-9(15)14-4-3-12-11(18)8(14)5-10(16)17/h7-8,13H,3-6H2,1-2H3,(H,12,18)(H,16,17). The Bertz CT molecular complexity index is 343. The van der Waals surface area contributed by atoms with Crippen molar-refractivity contribution in [2.24, 2.45) is 0 Å². The van der Waals surface area contributed by atoms with E-state index >= 15 is 0 Å². The third-order valence-corrected chi connectivity index (χ3v) is 2.68. The molecule has 1 heterocycles. The number of amides is 2. The summed E-state index contributed by atoms with van der Waals surface area (Å²) in [5.74, 6) is -1.74. The van der Waals surface area contributed by atoms with E-state index in [1.165, 1.54) is 4.90 Å². The van der Waals surface area contributed by atoms with E-state index in [9.17, 15) is 14.4 Å². The van der Waals surface area contributed by atoms with Crippen LogP contribution in [0.3, 0.4) is 0 Å². The fraction of sp³-hybridized carbons (Fsp3) is 0.727. The summed E-state index contributed by atoms with van der Waals surface area (Å²) in [4.78, 5) is 35.6. The normalized spacial score (nSPS) is 19.8. The number of hydrogen-bond donors (Lipinski definition) is 3. The molecule has 1 saturated heterocycles. The Hall–Kier alpha value is -1.63. The molecule has 0 aromatic rings. The molecule has 1 unspecified atom stereocenters. The molecular formula is C11H19N3O4. The van der Waals surface area contributed by atoms with E-state index in [0.717, 1.165) is 0 Å². The van der Waals surface area contributed by atoms with Gasteiger partial charge in [-0.15, -0.1) is 0 Å². The van der Waals surface area contributed by atoms with Crippen molar-refractivity contribution < 1.29 is 19.5 Å². The molecular weight excluding hydrogens is 238 g/mol. The predicted molar refractivity (Wildman–Crippen MR) is 63.9 cm³/mol. The smallest absolute Gasteiger partial charge is 0.305 e. The van der Waals surface area contributed by atoms with Crippen molar-refractivity contribution in [3.05, 3.63) is 0 Å². The number of nitrogens with zero attached hydrogens (tertiary/aromatic N) is 1. The SMILES string of the molecule is CC(C)NCC(=O)N1CCNC(=O)C1CC(=O)O. The van der Waals surface area contributed by atoms with Crippen LogP contribution in [0.4, 0.5) is 0 Å². The van der Waals surface area contributed by atoms with Crippen molar-refractivity contribution in [3.63, 3.8) is 0 Å². The van der Waals surface area contributed by atoms with Gasteiger partial charge in [0.2, 0.25) is 11.8 Å². The van der Waals surface area contributed by atoms with Gasteiger partial charge in [0.05, 0.1) is 13.0 Å². The van der Waals surface area contributed by atoms with Crippen LogP contribution in [0.1, 0.15) is 20.3 Å². The van der Waals surface area contributed by atoms with E-state index < -0.39 is 17.9 Å². The summed E-state index contributed by atoms with van der Waals surface area (Å²) in [5, 5.41) is 14.3. The molecule has 0 aromatic carbocycles. The van der Waals surface area contributed by atoms with Gasteiger partial charge in [-0.05, 0) is 0 Å². The maximum absolute atomic E-state index is 11.9. The molecule has 7 nitrogen and oxygen atoms in total. The van der Waals surface area contributed by atoms with Crippen LogP contribution >= 0.6 is 0 Å². The van der Waals surface area contributed by atoms with E-state index in [4.69, 9.17) is 5.11 Å².